The topological polar surface area (TPSA) is 79.2 Å². The average Bonchev–Trinajstić information content (AvgIpc) is 3.52. The molecule has 1 amide bonds. The minimum absolute atomic E-state index is 0.164. The zero-order chi connectivity index (χ0) is 23.9. The number of aromatic nitrogens is 2. The minimum Gasteiger partial charge on any atom is -0.378 e. The standard InChI is InChI=1S/C25H26ClN5O3S/c26-16-3-5-19-18(15-16)31-23-17(4-6-20(28-23)30-11-13-34-14-12-30)22(32)21(25(31)35-19)24(33)27-7-10-29-8-1-2-9-29/h3-6,15H,1-2,7-14H2,(H,27,33). The third-order valence-corrected chi connectivity index (χ3v) is 8.18. The summed E-state index contributed by atoms with van der Waals surface area (Å²) in [6, 6.07) is 9.26. The molecule has 5 heterocycles. The highest BCUT2D eigenvalue weighted by Gasteiger charge is 2.24. The number of pyridine rings is 2. The maximum atomic E-state index is 13.7. The fourth-order valence-electron chi connectivity index (χ4n) is 4.99. The van der Waals surface area contributed by atoms with Gasteiger partial charge in [-0.05, 0) is 56.3 Å². The maximum absolute atomic E-state index is 13.7. The Hall–Kier alpha value is -2.72. The molecule has 0 aliphatic carbocycles. The van der Waals surface area contributed by atoms with Crippen molar-refractivity contribution in [3.63, 3.8) is 0 Å². The molecule has 10 heteroatoms. The molecule has 0 radical (unpaired) electrons. The van der Waals surface area contributed by atoms with Crippen molar-refractivity contribution >= 4 is 60.7 Å². The van der Waals surface area contributed by atoms with Crippen LogP contribution in [-0.4, -0.2) is 72.7 Å². The summed E-state index contributed by atoms with van der Waals surface area (Å²) in [5.74, 6) is 0.446. The van der Waals surface area contributed by atoms with E-state index >= 15 is 0 Å². The van der Waals surface area contributed by atoms with Crippen LogP contribution in [0.15, 0.2) is 35.1 Å². The number of thiazole rings is 1. The lowest BCUT2D eigenvalue weighted by atomic mass is 10.1. The van der Waals surface area contributed by atoms with Gasteiger partial charge >= 0.3 is 0 Å². The Balaban J connectivity index is 1.49. The van der Waals surface area contributed by atoms with Crippen molar-refractivity contribution in [2.75, 3.05) is 57.4 Å². The summed E-state index contributed by atoms with van der Waals surface area (Å²) in [6.07, 6.45) is 2.40. The normalized spacial score (nSPS) is 17.1. The average molecular weight is 512 g/mol. The highest BCUT2D eigenvalue weighted by molar-refractivity contribution is 7.24. The van der Waals surface area contributed by atoms with Crippen LogP contribution in [0.25, 0.3) is 26.1 Å². The summed E-state index contributed by atoms with van der Waals surface area (Å²) in [6.45, 7) is 6.18. The summed E-state index contributed by atoms with van der Waals surface area (Å²) in [5.41, 5.74) is 1.24. The van der Waals surface area contributed by atoms with Crippen LogP contribution in [0.5, 0.6) is 0 Å². The van der Waals surface area contributed by atoms with Gasteiger partial charge in [0.05, 0.1) is 28.8 Å². The zero-order valence-corrected chi connectivity index (χ0v) is 20.8. The number of fused-ring (bicyclic) bond motifs is 5. The number of hydrogen-bond donors (Lipinski definition) is 1. The number of amides is 1. The quantitative estimate of drug-likeness (QED) is 0.442. The number of hydrogen-bond acceptors (Lipinski definition) is 7. The van der Waals surface area contributed by atoms with Crippen molar-refractivity contribution in [1.82, 2.24) is 19.6 Å². The van der Waals surface area contributed by atoms with Crippen LogP contribution < -0.4 is 15.6 Å². The fraction of sp³-hybridized carbons (Fsp3) is 0.400. The number of ether oxygens (including phenoxy) is 1. The lowest BCUT2D eigenvalue weighted by molar-refractivity contribution is 0.0950. The zero-order valence-electron chi connectivity index (χ0n) is 19.3. The maximum Gasteiger partial charge on any atom is 0.258 e. The number of benzene rings is 1. The van der Waals surface area contributed by atoms with Crippen LogP contribution in [0.1, 0.15) is 23.2 Å². The Kier molecular flexibility index (Phi) is 6.09. The first-order chi connectivity index (χ1) is 17.1. The molecule has 3 aromatic heterocycles. The molecule has 0 unspecified atom stereocenters. The first kappa shape index (κ1) is 22.7. The smallest absolute Gasteiger partial charge is 0.258 e. The molecule has 4 aromatic rings. The number of anilines is 1. The van der Waals surface area contributed by atoms with Gasteiger partial charge in [-0.2, -0.15) is 0 Å². The van der Waals surface area contributed by atoms with Gasteiger partial charge < -0.3 is 19.9 Å². The number of rotatable bonds is 5. The molecule has 1 aromatic carbocycles. The number of halogens is 1. The van der Waals surface area contributed by atoms with Gasteiger partial charge in [-0.1, -0.05) is 11.6 Å². The van der Waals surface area contributed by atoms with Crippen LogP contribution in [0, 0.1) is 0 Å². The van der Waals surface area contributed by atoms with Gasteiger partial charge in [0.15, 0.2) is 5.65 Å². The van der Waals surface area contributed by atoms with Crippen molar-refractivity contribution in [3.05, 3.63) is 51.1 Å². The van der Waals surface area contributed by atoms with Crippen molar-refractivity contribution in [1.29, 1.82) is 0 Å². The third-order valence-electron chi connectivity index (χ3n) is 6.80. The summed E-state index contributed by atoms with van der Waals surface area (Å²) in [7, 11) is 0. The van der Waals surface area contributed by atoms with E-state index in [1.165, 1.54) is 24.2 Å². The van der Waals surface area contributed by atoms with E-state index in [9.17, 15) is 9.59 Å². The van der Waals surface area contributed by atoms with Crippen molar-refractivity contribution in [2.45, 2.75) is 12.8 Å². The summed E-state index contributed by atoms with van der Waals surface area (Å²) >= 11 is 7.76. The molecule has 2 saturated heterocycles. The molecule has 1 N–H and O–H groups in total. The van der Waals surface area contributed by atoms with Gasteiger partial charge in [-0.25, -0.2) is 4.98 Å². The molecular formula is C25H26ClN5O3S. The molecule has 2 aliphatic rings. The SMILES string of the molecule is O=C(NCCN1CCCC1)c1c(=O)c2ccc(N3CCOCC3)nc2n2c1sc1ccc(Cl)cc12. The van der Waals surface area contributed by atoms with E-state index in [1.807, 2.05) is 28.7 Å². The van der Waals surface area contributed by atoms with E-state index in [0.29, 0.717) is 40.6 Å². The van der Waals surface area contributed by atoms with Crippen molar-refractivity contribution in [2.24, 2.45) is 0 Å². The summed E-state index contributed by atoms with van der Waals surface area (Å²) < 4.78 is 8.33. The molecule has 8 nitrogen and oxygen atoms in total. The van der Waals surface area contributed by atoms with Crippen LogP contribution in [0.3, 0.4) is 0 Å². The number of morpholine rings is 1. The Morgan fingerprint density at radius 3 is 2.71 bits per heavy atom. The van der Waals surface area contributed by atoms with Gasteiger partial charge in [0.25, 0.3) is 5.91 Å². The molecule has 2 fully saturated rings. The highest BCUT2D eigenvalue weighted by Crippen LogP contribution is 2.33. The molecule has 35 heavy (non-hydrogen) atoms. The third kappa shape index (κ3) is 4.16. The van der Waals surface area contributed by atoms with Gasteiger partial charge in [-0.15, -0.1) is 11.3 Å². The van der Waals surface area contributed by atoms with Crippen LogP contribution in [-0.2, 0) is 4.74 Å². The highest BCUT2D eigenvalue weighted by atomic mass is 35.5. The van der Waals surface area contributed by atoms with Gasteiger partial charge in [0, 0.05) is 31.2 Å². The van der Waals surface area contributed by atoms with Gasteiger partial charge in [0.2, 0.25) is 5.43 Å². The van der Waals surface area contributed by atoms with E-state index in [4.69, 9.17) is 21.3 Å². The first-order valence-electron chi connectivity index (χ1n) is 12.0. The Bertz CT molecular complexity index is 1490. The van der Waals surface area contributed by atoms with Crippen molar-refractivity contribution < 1.29 is 9.53 Å². The van der Waals surface area contributed by atoms with Gasteiger partial charge in [-0.3, -0.25) is 14.0 Å². The number of carbonyl (C=O) groups is 1. The van der Waals surface area contributed by atoms with E-state index in [-0.39, 0.29) is 16.9 Å². The van der Waals surface area contributed by atoms with Crippen LogP contribution in [0.4, 0.5) is 5.82 Å². The van der Waals surface area contributed by atoms with Crippen LogP contribution >= 0.6 is 22.9 Å². The molecular weight excluding hydrogens is 486 g/mol. The second-order valence-electron chi connectivity index (χ2n) is 9.00. The molecule has 2 aliphatic heterocycles. The first-order valence-corrected chi connectivity index (χ1v) is 13.2. The van der Waals surface area contributed by atoms with E-state index in [2.05, 4.69) is 15.1 Å². The van der Waals surface area contributed by atoms with Crippen LogP contribution in [0.2, 0.25) is 5.02 Å². The summed E-state index contributed by atoms with van der Waals surface area (Å²) in [5, 5.41) is 3.99. The van der Waals surface area contributed by atoms with E-state index in [0.717, 1.165) is 48.8 Å². The second-order valence-corrected chi connectivity index (χ2v) is 10.5. The summed E-state index contributed by atoms with van der Waals surface area (Å²) in [4.78, 5) is 37.0. The fourth-order valence-corrected chi connectivity index (χ4v) is 6.32. The lowest BCUT2D eigenvalue weighted by Crippen LogP contribution is -2.37. The molecule has 0 spiro atoms. The monoisotopic (exact) mass is 511 g/mol. The van der Waals surface area contributed by atoms with E-state index < -0.39 is 0 Å². The largest absolute Gasteiger partial charge is 0.378 e. The lowest BCUT2D eigenvalue weighted by Gasteiger charge is -2.28. The minimum atomic E-state index is -0.344. The molecule has 182 valence electrons. The second kappa shape index (κ2) is 9.39. The molecule has 0 atom stereocenters. The number of likely N-dealkylation sites (tertiary alicyclic amines) is 1. The Morgan fingerprint density at radius 1 is 1.11 bits per heavy atom. The van der Waals surface area contributed by atoms with Crippen molar-refractivity contribution in [3.8, 4) is 0 Å². The molecule has 0 bridgehead atoms. The Morgan fingerprint density at radius 2 is 1.91 bits per heavy atom. The predicted molar refractivity (Wildman–Crippen MR) is 140 cm³/mol. The predicted octanol–water partition coefficient (Wildman–Crippen LogP) is 3.38. The van der Waals surface area contributed by atoms with Gasteiger partial charge in [0.1, 0.15) is 16.2 Å². The molecule has 0 saturated carbocycles. The Labute approximate surface area is 211 Å². The number of nitrogens with zero attached hydrogens (tertiary/aromatic N) is 4. The molecule has 6 rings (SSSR count). The number of nitrogens with one attached hydrogen (secondary N) is 1. The number of carbonyl (C=O) groups excluding carboxylic acids is 1. The van der Waals surface area contributed by atoms with E-state index in [1.54, 1.807) is 6.07 Å².